The van der Waals surface area contributed by atoms with Crippen molar-refractivity contribution in [3.05, 3.63) is 22.2 Å². The average molecular weight is 437 g/mol. The van der Waals surface area contributed by atoms with Gasteiger partial charge < -0.3 is 14.8 Å². The lowest BCUT2D eigenvalue weighted by Crippen LogP contribution is -2.43. The number of hydrogen-bond donors (Lipinski definition) is 1. The second-order valence-corrected chi connectivity index (χ2v) is 9.36. The Morgan fingerprint density at radius 3 is 2.48 bits per heavy atom. The van der Waals surface area contributed by atoms with E-state index in [9.17, 15) is 4.79 Å². The average Bonchev–Trinajstić information content (AvgIpc) is 3.35. The van der Waals surface area contributed by atoms with Gasteiger partial charge in [-0.1, -0.05) is 43.0 Å². The SMILES string of the molecule is CCC(C)n1c(N2CCC(C(=O)NC3CCCC3)CC2)nc2cc(Cl)c(Cl)cc21. The maximum atomic E-state index is 12.7. The molecule has 7 heteroatoms. The van der Waals surface area contributed by atoms with E-state index in [1.165, 1.54) is 12.8 Å². The van der Waals surface area contributed by atoms with E-state index in [-0.39, 0.29) is 11.8 Å². The molecule has 158 valence electrons. The van der Waals surface area contributed by atoms with Crippen molar-refractivity contribution in [2.24, 2.45) is 5.92 Å². The number of carbonyl (C=O) groups excluding carboxylic acids is 1. The number of benzene rings is 1. The molecule has 2 aliphatic rings. The molecule has 1 amide bonds. The van der Waals surface area contributed by atoms with Gasteiger partial charge in [-0.25, -0.2) is 4.98 Å². The summed E-state index contributed by atoms with van der Waals surface area (Å²) in [6, 6.07) is 4.47. The fourth-order valence-electron chi connectivity index (χ4n) is 4.65. The fraction of sp³-hybridized carbons (Fsp3) is 0.636. The summed E-state index contributed by atoms with van der Waals surface area (Å²) in [4.78, 5) is 19.9. The molecule has 1 aromatic heterocycles. The molecule has 2 aromatic rings. The van der Waals surface area contributed by atoms with Crippen molar-refractivity contribution in [3.63, 3.8) is 0 Å². The molecule has 2 fully saturated rings. The number of hydrogen-bond acceptors (Lipinski definition) is 3. The first-order valence-corrected chi connectivity index (χ1v) is 11.7. The smallest absolute Gasteiger partial charge is 0.223 e. The topological polar surface area (TPSA) is 50.2 Å². The summed E-state index contributed by atoms with van der Waals surface area (Å²) in [5.41, 5.74) is 1.89. The van der Waals surface area contributed by atoms with E-state index >= 15 is 0 Å². The third kappa shape index (κ3) is 4.22. The first-order chi connectivity index (χ1) is 14.0. The molecular formula is C22H30Cl2N4O. The van der Waals surface area contributed by atoms with Gasteiger partial charge in [0.1, 0.15) is 0 Å². The molecule has 0 bridgehead atoms. The van der Waals surface area contributed by atoms with E-state index < -0.39 is 0 Å². The van der Waals surface area contributed by atoms with Gasteiger partial charge in [-0.15, -0.1) is 0 Å². The van der Waals surface area contributed by atoms with Crippen LogP contribution in [0.2, 0.25) is 10.0 Å². The molecule has 1 saturated heterocycles. The zero-order valence-corrected chi connectivity index (χ0v) is 18.8. The molecule has 1 aliphatic carbocycles. The Morgan fingerprint density at radius 1 is 1.17 bits per heavy atom. The predicted octanol–water partition coefficient (Wildman–Crippen LogP) is 5.59. The van der Waals surface area contributed by atoms with Crippen LogP contribution in [0.15, 0.2) is 12.1 Å². The van der Waals surface area contributed by atoms with Gasteiger partial charge >= 0.3 is 0 Å². The van der Waals surface area contributed by atoms with Gasteiger partial charge in [0.05, 0.1) is 21.1 Å². The van der Waals surface area contributed by atoms with Crippen molar-refractivity contribution in [1.29, 1.82) is 0 Å². The molecule has 1 aliphatic heterocycles. The van der Waals surface area contributed by atoms with Gasteiger partial charge in [-0.3, -0.25) is 4.79 Å². The summed E-state index contributed by atoms with van der Waals surface area (Å²) < 4.78 is 2.27. The van der Waals surface area contributed by atoms with Crippen molar-refractivity contribution in [2.45, 2.75) is 70.9 Å². The van der Waals surface area contributed by atoms with Crippen molar-refractivity contribution >= 4 is 46.1 Å². The highest BCUT2D eigenvalue weighted by Gasteiger charge is 2.30. The lowest BCUT2D eigenvalue weighted by atomic mass is 9.95. The number of nitrogens with zero attached hydrogens (tertiary/aromatic N) is 3. The first kappa shape index (κ1) is 20.8. The van der Waals surface area contributed by atoms with E-state index in [1.807, 2.05) is 12.1 Å². The van der Waals surface area contributed by atoms with Crippen LogP contribution in [0, 0.1) is 5.92 Å². The summed E-state index contributed by atoms with van der Waals surface area (Å²) in [5.74, 6) is 1.31. The monoisotopic (exact) mass is 436 g/mol. The van der Waals surface area contributed by atoms with Crippen LogP contribution in [0.5, 0.6) is 0 Å². The van der Waals surface area contributed by atoms with E-state index in [0.29, 0.717) is 22.1 Å². The lowest BCUT2D eigenvalue weighted by molar-refractivity contribution is -0.126. The number of carbonyl (C=O) groups is 1. The molecule has 4 rings (SSSR count). The minimum absolute atomic E-state index is 0.108. The third-order valence-corrected chi connectivity index (χ3v) is 7.32. The Hall–Kier alpha value is -1.46. The van der Waals surface area contributed by atoms with Crippen LogP contribution in [-0.4, -0.2) is 34.6 Å². The van der Waals surface area contributed by atoms with Gasteiger partial charge in [0.15, 0.2) is 0 Å². The second-order valence-electron chi connectivity index (χ2n) is 8.55. The predicted molar refractivity (Wildman–Crippen MR) is 120 cm³/mol. The Labute approximate surface area is 182 Å². The fourth-order valence-corrected chi connectivity index (χ4v) is 4.96. The van der Waals surface area contributed by atoms with E-state index in [0.717, 1.165) is 62.2 Å². The lowest BCUT2D eigenvalue weighted by Gasteiger charge is -2.33. The number of anilines is 1. The number of nitrogens with one attached hydrogen (secondary N) is 1. The Balaban J connectivity index is 1.52. The molecule has 1 saturated carbocycles. The van der Waals surface area contributed by atoms with Crippen LogP contribution in [0.3, 0.4) is 0 Å². The third-order valence-electron chi connectivity index (χ3n) is 6.59. The van der Waals surface area contributed by atoms with Gasteiger partial charge in [0.2, 0.25) is 11.9 Å². The molecule has 2 heterocycles. The molecule has 5 nitrogen and oxygen atoms in total. The number of rotatable bonds is 5. The van der Waals surface area contributed by atoms with Crippen LogP contribution in [0.4, 0.5) is 5.95 Å². The normalized spacial score (nSPS) is 19.8. The van der Waals surface area contributed by atoms with Crippen molar-refractivity contribution in [2.75, 3.05) is 18.0 Å². The number of fused-ring (bicyclic) bond motifs is 1. The van der Waals surface area contributed by atoms with Crippen molar-refractivity contribution < 1.29 is 4.79 Å². The van der Waals surface area contributed by atoms with Crippen LogP contribution >= 0.6 is 23.2 Å². The number of aromatic nitrogens is 2. The number of amides is 1. The summed E-state index contributed by atoms with van der Waals surface area (Å²) >= 11 is 12.5. The maximum Gasteiger partial charge on any atom is 0.223 e. The minimum atomic E-state index is 0.108. The standard InChI is InChI=1S/C22H30Cl2N4O/c1-3-14(2)28-20-13-18(24)17(23)12-19(20)26-22(28)27-10-8-15(9-11-27)21(29)25-16-6-4-5-7-16/h12-16H,3-11H2,1-2H3,(H,25,29). The zero-order chi connectivity index (χ0) is 20.5. The molecule has 1 atom stereocenters. The Bertz CT molecular complexity index is 883. The second kappa shape index (κ2) is 8.73. The summed E-state index contributed by atoms with van der Waals surface area (Å²) in [5, 5.41) is 4.35. The summed E-state index contributed by atoms with van der Waals surface area (Å²) in [6.07, 6.45) is 7.47. The zero-order valence-electron chi connectivity index (χ0n) is 17.3. The number of imidazole rings is 1. The molecule has 1 aromatic carbocycles. The molecule has 0 spiro atoms. The highest BCUT2D eigenvalue weighted by Crippen LogP contribution is 2.35. The number of piperidine rings is 1. The molecular weight excluding hydrogens is 407 g/mol. The quantitative estimate of drug-likeness (QED) is 0.664. The largest absolute Gasteiger partial charge is 0.353 e. The highest BCUT2D eigenvalue weighted by molar-refractivity contribution is 6.42. The van der Waals surface area contributed by atoms with Crippen LogP contribution in [0.1, 0.15) is 64.8 Å². The van der Waals surface area contributed by atoms with Gasteiger partial charge in [-0.05, 0) is 51.2 Å². The van der Waals surface area contributed by atoms with E-state index in [1.54, 1.807) is 0 Å². The number of halogens is 2. The molecule has 0 radical (unpaired) electrons. The van der Waals surface area contributed by atoms with E-state index in [4.69, 9.17) is 28.2 Å². The van der Waals surface area contributed by atoms with Gasteiger partial charge in [0.25, 0.3) is 0 Å². The Kier molecular flexibility index (Phi) is 6.26. The van der Waals surface area contributed by atoms with Crippen LogP contribution in [-0.2, 0) is 4.79 Å². The van der Waals surface area contributed by atoms with E-state index in [2.05, 4.69) is 28.6 Å². The highest BCUT2D eigenvalue weighted by atomic mass is 35.5. The maximum absolute atomic E-state index is 12.7. The summed E-state index contributed by atoms with van der Waals surface area (Å²) in [7, 11) is 0. The molecule has 29 heavy (non-hydrogen) atoms. The van der Waals surface area contributed by atoms with Gasteiger partial charge in [-0.2, -0.15) is 0 Å². The van der Waals surface area contributed by atoms with Gasteiger partial charge in [0, 0.05) is 31.1 Å². The molecule has 1 N–H and O–H groups in total. The van der Waals surface area contributed by atoms with Crippen LogP contribution in [0.25, 0.3) is 11.0 Å². The molecule has 1 unspecified atom stereocenters. The van der Waals surface area contributed by atoms with Crippen molar-refractivity contribution in [3.8, 4) is 0 Å². The minimum Gasteiger partial charge on any atom is -0.353 e. The summed E-state index contributed by atoms with van der Waals surface area (Å²) in [6.45, 7) is 6.06. The van der Waals surface area contributed by atoms with Crippen LogP contribution < -0.4 is 10.2 Å². The first-order valence-electron chi connectivity index (χ1n) is 10.9. The van der Waals surface area contributed by atoms with Crippen molar-refractivity contribution in [1.82, 2.24) is 14.9 Å². The Morgan fingerprint density at radius 2 is 1.83 bits per heavy atom.